The van der Waals surface area contributed by atoms with Gasteiger partial charge in [-0.05, 0) is 19.9 Å². The second-order valence-corrected chi connectivity index (χ2v) is 4.24. The fourth-order valence-corrected chi connectivity index (χ4v) is 2.10. The topological polar surface area (TPSA) is 15.3 Å². The lowest BCUT2D eigenvalue weighted by Crippen LogP contribution is -2.35. The molecule has 0 saturated heterocycles. The van der Waals surface area contributed by atoms with Crippen LogP contribution in [0.2, 0.25) is 0 Å². The van der Waals surface area contributed by atoms with E-state index in [4.69, 9.17) is 11.6 Å². The molecular formula is C11H21ClN2. The maximum atomic E-state index is 5.42. The van der Waals surface area contributed by atoms with Gasteiger partial charge in [0.1, 0.15) is 0 Å². The van der Waals surface area contributed by atoms with Crippen molar-refractivity contribution in [3.63, 3.8) is 0 Å². The number of hydrogen-bond acceptors (Lipinski definition) is 2. The van der Waals surface area contributed by atoms with E-state index in [1.807, 2.05) is 6.08 Å². The molecular weight excluding hydrogens is 196 g/mol. The van der Waals surface area contributed by atoms with Crippen LogP contribution in [-0.2, 0) is 0 Å². The molecule has 0 bridgehead atoms. The van der Waals surface area contributed by atoms with E-state index >= 15 is 0 Å². The van der Waals surface area contributed by atoms with Gasteiger partial charge in [0.25, 0.3) is 0 Å². The summed E-state index contributed by atoms with van der Waals surface area (Å²) >= 11 is 5.42. The van der Waals surface area contributed by atoms with Crippen molar-refractivity contribution in [2.45, 2.75) is 31.7 Å². The maximum Gasteiger partial charge on any atom is 0.0147 e. The van der Waals surface area contributed by atoms with Crippen LogP contribution in [0.4, 0.5) is 0 Å². The van der Waals surface area contributed by atoms with Crippen molar-refractivity contribution in [3.05, 3.63) is 11.6 Å². The lowest BCUT2D eigenvalue weighted by atomic mass is 10.2. The van der Waals surface area contributed by atoms with E-state index in [1.54, 1.807) is 5.54 Å². The minimum atomic E-state index is 0.834. The molecule has 1 saturated carbocycles. The van der Waals surface area contributed by atoms with Crippen molar-refractivity contribution >= 4 is 11.6 Å². The Balaban J connectivity index is 1.99. The highest BCUT2D eigenvalue weighted by atomic mass is 35.5. The van der Waals surface area contributed by atoms with Crippen LogP contribution in [0.3, 0.4) is 0 Å². The van der Waals surface area contributed by atoms with Crippen LogP contribution in [0.5, 0.6) is 0 Å². The molecule has 3 heteroatoms. The quantitative estimate of drug-likeness (QED) is 0.685. The molecule has 0 atom stereocenters. The number of nitrogens with zero attached hydrogens (tertiary/aromatic N) is 1. The Kier molecular flexibility index (Phi) is 6.24. The van der Waals surface area contributed by atoms with E-state index in [2.05, 4.69) is 17.3 Å². The molecule has 0 aromatic heterocycles. The molecule has 0 aromatic carbocycles. The Labute approximate surface area is 92.3 Å². The van der Waals surface area contributed by atoms with Gasteiger partial charge in [-0.2, -0.15) is 0 Å². The predicted molar refractivity (Wildman–Crippen MR) is 62.7 cm³/mol. The summed E-state index contributed by atoms with van der Waals surface area (Å²) in [6.45, 7) is 3.07. The number of halogens is 1. The van der Waals surface area contributed by atoms with Gasteiger partial charge in [0.05, 0.1) is 0 Å². The van der Waals surface area contributed by atoms with Gasteiger partial charge in [-0.25, -0.2) is 0 Å². The maximum absolute atomic E-state index is 5.42. The summed E-state index contributed by atoms with van der Waals surface area (Å²) in [5.74, 6) is 0. The van der Waals surface area contributed by atoms with Gasteiger partial charge in [0.15, 0.2) is 0 Å². The molecule has 1 N–H and O–H groups in total. The first kappa shape index (κ1) is 12.0. The van der Waals surface area contributed by atoms with Crippen molar-refractivity contribution in [2.24, 2.45) is 0 Å². The predicted octanol–water partition coefficient (Wildman–Crippen LogP) is 2.20. The van der Waals surface area contributed by atoms with Crippen LogP contribution in [-0.4, -0.2) is 37.6 Å². The summed E-state index contributed by atoms with van der Waals surface area (Å²) in [5, 5.41) is 3.33. The summed E-state index contributed by atoms with van der Waals surface area (Å²) in [5.41, 5.74) is 1.56. The van der Waals surface area contributed by atoms with Gasteiger partial charge >= 0.3 is 0 Å². The monoisotopic (exact) mass is 216 g/mol. The Morgan fingerprint density at radius 2 is 2.14 bits per heavy atom. The molecule has 82 valence electrons. The third-order valence-corrected chi connectivity index (χ3v) is 3.12. The average molecular weight is 217 g/mol. The molecule has 0 amide bonds. The zero-order chi connectivity index (χ0) is 10.2. The van der Waals surface area contributed by atoms with Crippen LogP contribution in [0, 0.1) is 0 Å². The van der Waals surface area contributed by atoms with Crippen LogP contribution in [0.1, 0.15) is 25.7 Å². The highest BCUT2D eigenvalue weighted by Crippen LogP contribution is 2.21. The van der Waals surface area contributed by atoms with Crippen LogP contribution in [0.25, 0.3) is 0 Å². The molecule has 2 nitrogen and oxygen atoms in total. The summed E-state index contributed by atoms with van der Waals surface area (Å²) < 4.78 is 0. The van der Waals surface area contributed by atoms with Gasteiger partial charge in [-0.3, -0.25) is 0 Å². The Morgan fingerprint density at radius 1 is 1.43 bits per heavy atom. The van der Waals surface area contributed by atoms with Gasteiger partial charge in [0.2, 0.25) is 0 Å². The minimum absolute atomic E-state index is 0.834. The summed E-state index contributed by atoms with van der Waals surface area (Å²) in [4.78, 5) is 2.48. The number of rotatable bonds is 6. The zero-order valence-electron chi connectivity index (χ0n) is 9.01. The van der Waals surface area contributed by atoms with E-state index in [0.29, 0.717) is 0 Å². The third-order valence-electron chi connectivity index (χ3n) is 2.94. The Bertz CT molecular complexity index is 165. The first-order valence-electron chi connectivity index (χ1n) is 5.51. The second kappa shape index (κ2) is 7.27. The van der Waals surface area contributed by atoms with E-state index in [-0.39, 0.29) is 0 Å². The first-order chi connectivity index (χ1) is 6.84. The molecule has 0 heterocycles. The van der Waals surface area contributed by atoms with Crippen molar-refractivity contribution in [1.82, 2.24) is 10.2 Å². The number of likely N-dealkylation sites (N-methyl/N-ethyl adjacent to an activating group) is 1. The minimum Gasteiger partial charge on any atom is -0.312 e. The van der Waals surface area contributed by atoms with Crippen molar-refractivity contribution in [1.29, 1.82) is 0 Å². The fraction of sp³-hybridized carbons (Fsp3) is 0.818. The highest BCUT2D eigenvalue weighted by molar-refractivity contribution is 6.25. The van der Waals surface area contributed by atoms with E-state index in [0.717, 1.165) is 25.7 Å². The van der Waals surface area contributed by atoms with Gasteiger partial charge < -0.3 is 10.2 Å². The molecule has 0 radical (unpaired) electrons. The zero-order valence-corrected chi connectivity index (χ0v) is 9.76. The van der Waals surface area contributed by atoms with Crippen LogP contribution in [0.15, 0.2) is 11.6 Å². The van der Waals surface area contributed by atoms with Crippen molar-refractivity contribution in [2.75, 3.05) is 26.7 Å². The Morgan fingerprint density at radius 3 is 2.79 bits per heavy atom. The van der Waals surface area contributed by atoms with Crippen LogP contribution < -0.4 is 5.32 Å². The summed E-state index contributed by atoms with van der Waals surface area (Å²) in [7, 11) is 2.23. The standard InChI is InChI=1S/C11H21ClN2/c1-14(11-5-2-3-6-11)10-9-13-8-4-7-12/h4,7,11,13H,2-3,5-6,8-10H2,1H3/b7-4+. The molecule has 0 aromatic rings. The second-order valence-electron chi connectivity index (χ2n) is 3.98. The summed E-state index contributed by atoms with van der Waals surface area (Å²) in [6.07, 6.45) is 7.53. The van der Waals surface area contributed by atoms with E-state index in [1.165, 1.54) is 25.7 Å². The third kappa shape index (κ3) is 4.45. The fourth-order valence-electron chi connectivity index (χ4n) is 2.01. The molecule has 0 spiro atoms. The molecule has 0 aliphatic heterocycles. The molecule has 1 rings (SSSR count). The van der Waals surface area contributed by atoms with Crippen molar-refractivity contribution in [3.8, 4) is 0 Å². The Hall–Kier alpha value is -0.0500. The summed E-state index contributed by atoms with van der Waals surface area (Å²) in [6, 6.07) is 0.834. The van der Waals surface area contributed by atoms with Gasteiger partial charge in [-0.15, -0.1) is 0 Å². The molecule has 1 fully saturated rings. The molecule has 1 aliphatic carbocycles. The SMILES string of the molecule is CN(CCNC/C=C/Cl)C1CCCC1. The first-order valence-corrected chi connectivity index (χ1v) is 5.94. The number of hydrogen-bond donors (Lipinski definition) is 1. The smallest absolute Gasteiger partial charge is 0.0147 e. The van der Waals surface area contributed by atoms with E-state index < -0.39 is 0 Å². The van der Waals surface area contributed by atoms with E-state index in [9.17, 15) is 0 Å². The van der Waals surface area contributed by atoms with Gasteiger partial charge in [0, 0.05) is 31.2 Å². The largest absolute Gasteiger partial charge is 0.312 e. The normalized spacial score (nSPS) is 18.8. The molecule has 0 unspecified atom stereocenters. The van der Waals surface area contributed by atoms with Crippen LogP contribution >= 0.6 is 11.6 Å². The lowest BCUT2D eigenvalue weighted by Gasteiger charge is -2.23. The average Bonchev–Trinajstić information content (AvgIpc) is 2.70. The highest BCUT2D eigenvalue weighted by Gasteiger charge is 2.18. The molecule has 1 aliphatic rings. The van der Waals surface area contributed by atoms with Crippen molar-refractivity contribution < 1.29 is 0 Å². The molecule has 14 heavy (non-hydrogen) atoms. The number of nitrogens with one attached hydrogen (secondary N) is 1. The van der Waals surface area contributed by atoms with Gasteiger partial charge in [-0.1, -0.05) is 30.5 Å². The lowest BCUT2D eigenvalue weighted by molar-refractivity contribution is 0.246.